The quantitative estimate of drug-likeness (QED) is 0.123. The minimum atomic E-state index is -0.291. The fourth-order valence-electron chi connectivity index (χ4n) is 4.11. The number of carbonyl (C=O) groups is 2. The summed E-state index contributed by atoms with van der Waals surface area (Å²) < 4.78 is 0. The molecular weight excluding hydrogens is 557 g/mol. The van der Waals surface area contributed by atoms with Crippen LogP contribution in [-0.4, -0.2) is 17.5 Å². The van der Waals surface area contributed by atoms with Gasteiger partial charge in [-0.15, -0.1) is 0 Å². The first-order valence-electron chi connectivity index (χ1n) is 13.1. The van der Waals surface area contributed by atoms with Crippen molar-refractivity contribution in [2.24, 2.45) is 10.9 Å². The van der Waals surface area contributed by atoms with E-state index >= 15 is 0 Å². The maximum Gasteiger partial charge on any atom is 0.255 e. The fourth-order valence-corrected chi connectivity index (χ4v) is 4.54. The minimum Gasteiger partial charge on any atom is -0.399 e. The standard InChI is InChI=1S/C32H31Cl2N5O2/c1-4-18(2)30(22-9-14-27(25(33)17-22)38-31(40)20-5-10-23(35)11-6-20)37-26-15-16-28(29(34)19(26)3)39-32(41)21-7-12-24(36)13-8-21/h5-18H,4,35-36H2,1-3H3,(H,38,40)(H,39,41). The number of hydrogen-bond donors (Lipinski definition) is 4. The van der Waals surface area contributed by atoms with Crippen LogP contribution in [0, 0.1) is 12.8 Å². The highest BCUT2D eigenvalue weighted by Gasteiger charge is 2.17. The van der Waals surface area contributed by atoms with Gasteiger partial charge in [-0.25, -0.2) is 0 Å². The summed E-state index contributed by atoms with van der Waals surface area (Å²) in [7, 11) is 0. The van der Waals surface area contributed by atoms with Crippen molar-refractivity contribution in [1.82, 2.24) is 0 Å². The van der Waals surface area contributed by atoms with Gasteiger partial charge < -0.3 is 22.1 Å². The molecule has 1 unspecified atom stereocenters. The molecule has 7 nitrogen and oxygen atoms in total. The average Bonchev–Trinajstić information content (AvgIpc) is 2.96. The van der Waals surface area contributed by atoms with E-state index in [2.05, 4.69) is 24.5 Å². The van der Waals surface area contributed by atoms with Crippen LogP contribution in [0.5, 0.6) is 0 Å². The third-order valence-electron chi connectivity index (χ3n) is 6.78. The van der Waals surface area contributed by atoms with Crippen molar-refractivity contribution in [2.45, 2.75) is 27.2 Å². The molecule has 4 rings (SSSR count). The van der Waals surface area contributed by atoms with Gasteiger partial charge in [-0.05, 0) is 103 Å². The van der Waals surface area contributed by atoms with E-state index in [1.165, 1.54) is 0 Å². The van der Waals surface area contributed by atoms with Gasteiger partial charge in [0.05, 0.1) is 32.8 Å². The van der Waals surface area contributed by atoms with Crippen molar-refractivity contribution >= 4 is 69.2 Å². The van der Waals surface area contributed by atoms with Crippen molar-refractivity contribution in [3.8, 4) is 0 Å². The number of nitrogens with zero attached hydrogens (tertiary/aromatic N) is 1. The Kier molecular flexibility index (Phi) is 9.32. The Morgan fingerprint density at radius 2 is 1.27 bits per heavy atom. The number of carbonyl (C=O) groups excluding carboxylic acids is 2. The van der Waals surface area contributed by atoms with Crippen LogP contribution in [0.1, 0.15) is 52.1 Å². The zero-order valence-corrected chi connectivity index (χ0v) is 24.5. The van der Waals surface area contributed by atoms with E-state index < -0.39 is 0 Å². The molecule has 0 aromatic heterocycles. The van der Waals surface area contributed by atoms with Crippen LogP contribution >= 0.6 is 23.2 Å². The van der Waals surface area contributed by atoms with Crippen molar-refractivity contribution in [1.29, 1.82) is 0 Å². The zero-order valence-electron chi connectivity index (χ0n) is 23.0. The molecule has 0 aliphatic carbocycles. The number of benzene rings is 4. The Morgan fingerprint density at radius 3 is 1.78 bits per heavy atom. The topological polar surface area (TPSA) is 123 Å². The first-order chi connectivity index (χ1) is 19.6. The molecule has 6 N–H and O–H groups in total. The maximum atomic E-state index is 12.7. The molecule has 0 spiro atoms. The molecule has 0 fully saturated rings. The van der Waals surface area contributed by atoms with Gasteiger partial charge in [-0.1, -0.05) is 43.1 Å². The molecule has 0 aliphatic rings. The molecule has 210 valence electrons. The molecule has 4 aromatic carbocycles. The molecule has 0 aliphatic heterocycles. The SMILES string of the molecule is CCC(C)C(=Nc1ccc(NC(=O)c2ccc(N)cc2)c(Cl)c1C)c1ccc(NC(=O)c2ccc(N)cc2)c(Cl)c1. The van der Waals surface area contributed by atoms with Crippen LogP contribution in [0.2, 0.25) is 10.0 Å². The largest absolute Gasteiger partial charge is 0.399 e. The highest BCUT2D eigenvalue weighted by Crippen LogP contribution is 2.35. The van der Waals surface area contributed by atoms with Crippen LogP contribution in [0.3, 0.4) is 0 Å². The van der Waals surface area contributed by atoms with E-state index in [4.69, 9.17) is 39.7 Å². The predicted octanol–water partition coefficient (Wildman–Crippen LogP) is 8.14. The van der Waals surface area contributed by atoms with E-state index in [-0.39, 0.29) is 17.7 Å². The highest BCUT2D eigenvalue weighted by molar-refractivity contribution is 6.35. The van der Waals surface area contributed by atoms with Crippen LogP contribution in [0.4, 0.5) is 28.4 Å². The number of nitrogens with two attached hydrogens (primary N) is 2. The molecule has 0 saturated heterocycles. The first-order valence-corrected chi connectivity index (χ1v) is 13.8. The van der Waals surface area contributed by atoms with Gasteiger partial charge in [0.2, 0.25) is 0 Å². The van der Waals surface area contributed by atoms with Crippen molar-refractivity contribution < 1.29 is 9.59 Å². The second-order valence-corrected chi connectivity index (χ2v) is 10.5. The summed E-state index contributed by atoms with van der Waals surface area (Å²) in [4.78, 5) is 30.4. The van der Waals surface area contributed by atoms with Gasteiger partial charge in [0.25, 0.3) is 11.8 Å². The number of nitrogen functional groups attached to an aromatic ring is 2. The molecule has 0 radical (unpaired) electrons. The number of hydrogen-bond acceptors (Lipinski definition) is 5. The van der Waals surface area contributed by atoms with Gasteiger partial charge in [0.1, 0.15) is 0 Å². The Morgan fingerprint density at radius 1 is 0.780 bits per heavy atom. The van der Waals surface area contributed by atoms with E-state index in [1.54, 1.807) is 66.7 Å². The maximum absolute atomic E-state index is 12.7. The Hall–Kier alpha value is -4.33. The molecule has 4 aromatic rings. The third-order valence-corrected chi connectivity index (χ3v) is 7.58. The summed E-state index contributed by atoms with van der Waals surface area (Å²) in [6.45, 7) is 6.03. The Balaban J connectivity index is 1.60. The number of amides is 2. The minimum absolute atomic E-state index is 0.101. The van der Waals surface area contributed by atoms with E-state index in [9.17, 15) is 9.59 Å². The van der Waals surface area contributed by atoms with E-state index in [1.807, 2.05) is 19.1 Å². The van der Waals surface area contributed by atoms with Crippen LogP contribution in [0.15, 0.2) is 83.9 Å². The first kappa shape index (κ1) is 29.6. The molecule has 2 amide bonds. The number of aliphatic imine (C=N–C) groups is 1. The number of rotatable bonds is 8. The lowest BCUT2D eigenvalue weighted by atomic mass is 9.95. The van der Waals surface area contributed by atoms with E-state index in [0.29, 0.717) is 49.6 Å². The van der Waals surface area contributed by atoms with Crippen molar-refractivity contribution in [3.05, 3.63) is 111 Å². The molecule has 1 atom stereocenters. The lowest BCUT2D eigenvalue weighted by Crippen LogP contribution is -2.14. The smallest absolute Gasteiger partial charge is 0.255 e. The van der Waals surface area contributed by atoms with Gasteiger partial charge >= 0.3 is 0 Å². The summed E-state index contributed by atoms with van der Waals surface area (Å²) in [5.41, 5.74) is 17.6. The summed E-state index contributed by atoms with van der Waals surface area (Å²) in [5.74, 6) is -0.477. The average molecular weight is 589 g/mol. The molecule has 41 heavy (non-hydrogen) atoms. The van der Waals surface area contributed by atoms with Crippen LogP contribution in [0.25, 0.3) is 0 Å². The monoisotopic (exact) mass is 587 g/mol. The summed E-state index contributed by atoms with van der Waals surface area (Å²) >= 11 is 13.3. The molecular formula is C32H31Cl2N5O2. The summed E-state index contributed by atoms with van der Waals surface area (Å²) in [5, 5.41) is 6.49. The predicted molar refractivity (Wildman–Crippen MR) is 171 cm³/mol. The lowest BCUT2D eigenvalue weighted by molar-refractivity contribution is 0.101. The second-order valence-electron chi connectivity index (χ2n) is 9.72. The zero-order chi connectivity index (χ0) is 29.7. The van der Waals surface area contributed by atoms with Gasteiger partial charge in [0, 0.05) is 22.5 Å². The van der Waals surface area contributed by atoms with Gasteiger partial charge in [-0.2, -0.15) is 0 Å². The summed E-state index contributed by atoms with van der Waals surface area (Å²) in [6, 6.07) is 22.3. The Labute approximate surface area is 249 Å². The second kappa shape index (κ2) is 12.9. The Bertz CT molecular complexity index is 1620. The lowest BCUT2D eigenvalue weighted by Gasteiger charge is -2.17. The summed E-state index contributed by atoms with van der Waals surface area (Å²) in [6.07, 6.45) is 0.842. The van der Waals surface area contributed by atoms with Gasteiger partial charge in [0.15, 0.2) is 0 Å². The molecule has 0 bridgehead atoms. The van der Waals surface area contributed by atoms with Crippen molar-refractivity contribution in [3.63, 3.8) is 0 Å². The normalized spacial score (nSPS) is 12.1. The third kappa shape index (κ3) is 7.06. The highest BCUT2D eigenvalue weighted by atomic mass is 35.5. The van der Waals surface area contributed by atoms with E-state index in [0.717, 1.165) is 23.3 Å². The molecule has 9 heteroatoms. The van der Waals surface area contributed by atoms with Crippen LogP contribution in [-0.2, 0) is 0 Å². The molecule has 0 heterocycles. The number of anilines is 4. The number of nitrogens with one attached hydrogen (secondary N) is 2. The van der Waals surface area contributed by atoms with Gasteiger partial charge in [-0.3, -0.25) is 14.6 Å². The number of halogens is 2. The van der Waals surface area contributed by atoms with Crippen molar-refractivity contribution in [2.75, 3.05) is 22.1 Å². The fraction of sp³-hybridized carbons (Fsp3) is 0.156. The van der Waals surface area contributed by atoms with Crippen LogP contribution < -0.4 is 22.1 Å². The molecule has 0 saturated carbocycles.